The first kappa shape index (κ1) is 14.5. The number of aromatic nitrogens is 1. The highest BCUT2D eigenvalue weighted by Crippen LogP contribution is 2.17. The van der Waals surface area contributed by atoms with Gasteiger partial charge in [0.1, 0.15) is 5.75 Å². The Bertz CT molecular complexity index is 342. The van der Waals surface area contributed by atoms with Crippen molar-refractivity contribution in [3.05, 3.63) is 18.3 Å². The summed E-state index contributed by atoms with van der Waals surface area (Å²) in [5.41, 5.74) is 0. The van der Waals surface area contributed by atoms with E-state index in [4.69, 9.17) is 9.47 Å². The maximum atomic E-state index is 5.50. The molecule has 17 heavy (non-hydrogen) atoms. The molecular formula is C12H21NO2SSi. The fourth-order valence-electron chi connectivity index (χ4n) is 1.14. The van der Waals surface area contributed by atoms with E-state index < -0.39 is 8.07 Å². The quantitative estimate of drug-likeness (QED) is 0.329. The Kier molecular flexibility index (Phi) is 6.01. The fourth-order valence-corrected chi connectivity index (χ4v) is 2.30. The summed E-state index contributed by atoms with van der Waals surface area (Å²) in [6.45, 7) is 8.12. The summed E-state index contributed by atoms with van der Waals surface area (Å²) in [6.07, 6.45) is 3.75. The Morgan fingerprint density at radius 1 is 1.35 bits per heavy atom. The van der Waals surface area contributed by atoms with Gasteiger partial charge in [-0.3, -0.25) is 0 Å². The van der Waals surface area contributed by atoms with Crippen molar-refractivity contribution in [3.63, 3.8) is 0 Å². The van der Waals surface area contributed by atoms with E-state index in [1.165, 1.54) is 6.04 Å². The lowest BCUT2D eigenvalue weighted by molar-refractivity contribution is 0.0218. The Morgan fingerprint density at radius 3 is 2.76 bits per heavy atom. The summed E-state index contributed by atoms with van der Waals surface area (Å²) in [5.74, 6) is 0.817. The number of hydrogen-bond donors (Lipinski definition) is 0. The largest absolute Gasteiger partial charge is 0.467 e. The predicted octanol–water partition coefficient (Wildman–Crippen LogP) is 3.49. The van der Waals surface area contributed by atoms with Crippen molar-refractivity contribution in [2.75, 3.05) is 19.7 Å². The lowest BCUT2D eigenvalue weighted by Gasteiger charge is -2.15. The zero-order valence-electron chi connectivity index (χ0n) is 11.0. The van der Waals surface area contributed by atoms with Gasteiger partial charge in [-0.15, -0.1) is 11.8 Å². The normalized spacial score (nSPS) is 11.5. The third-order valence-corrected chi connectivity index (χ3v) is 4.57. The van der Waals surface area contributed by atoms with Crippen LogP contribution in [0.3, 0.4) is 0 Å². The number of ether oxygens (including phenoxy) is 2. The molecule has 3 nitrogen and oxygen atoms in total. The molecule has 0 amide bonds. The van der Waals surface area contributed by atoms with E-state index in [0.29, 0.717) is 6.79 Å². The molecular weight excluding hydrogens is 250 g/mol. The molecule has 0 aliphatic heterocycles. The van der Waals surface area contributed by atoms with E-state index in [0.717, 1.165) is 17.4 Å². The molecule has 0 bridgehead atoms. The van der Waals surface area contributed by atoms with E-state index in [1.54, 1.807) is 18.0 Å². The van der Waals surface area contributed by atoms with Crippen LogP contribution >= 0.6 is 11.8 Å². The molecule has 0 spiro atoms. The van der Waals surface area contributed by atoms with Crippen LogP contribution in [-0.2, 0) is 4.74 Å². The Hall–Kier alpha value is -0.523. The van der Waals surface area contributed by atoms with Crippen LogP contribution in [0.1, 0.15) is 0 Å². The van der Waals surface area contributed by atoms with Gasteiger partial charge in [0.05, 0.1) is 5.03 Å². The van der Waals surface area contributed by atoms with Crippen molar-refractivity contribution in [3.8, 4) is 5.75 Å². The predicted molar refractivity (Wildman–Crippen MR) is 75.6 cm³/mol. The molecule has 0 saturated carbocycles. The molecule has 0 N–H and O–H groups in total. The van der Waals surface area contributed by atoms with Crippen molar-refractivity contribution >= 4 is 19.8 Å². The van der Waals surface area contributed by atoms with Crippen molar-refractivity contribution in [1.29, 1.82) is 0 Å². The minimum atomic E-state index is -0.995. The SMILES string of the molecule is CSc1cc(OCOCC[Si](C)(C)C)ccn1. The number of hydrogen-bond acceptors (Lipinski definition) is 4. The van der Waals surface area contributed by atoms with Crippen LogP contribution in [0.25, 0.3) is 0 Å². The lowest BCUT2D eigenvalue weighted by atomic mass is 10.5. The summed E-state index contributed by atoms with van der Waals surface area (Å²) >= 11 is 1.60. The van der Waals surface area contributed by atoms with Crippen LogP contribution in [0.4, 0.5) is 0 Å². The third kappa shape index (κ3) is 6.70. The minimum absolute atomic E-state index is 0.322. The number of thioether (sulfide) groups is 1. The van der Waals surface area contributed by atoms with Crippen LogP contribution in [0, 0.1) is 0 Å². The summed E-state index contributed by atoms with van der Waals surface area (Å²) < 4.78 is 11.0. The molecule has 0 fully saturated rings. The van der Waals surface area contributed by atoms with Crippen molar-refractivity contribution < 1.29 is 9.47 Å². The molecule has 0 saturated heterocycles. The van der Waals surface area contributed by atoms with Crippen molar-refractivity contribution in [2.45, 2.75) is 30.7 Å². The van der Waals surface area contributed by atoms with E-state index >= 15 is 0 Å². The average molecular weight is 271 g/mol. The molecule has 0 aliphatic carbocycles. The second-order valence-corrected chi connectivity index (χ2v) is 11.5. The van der Waals surface area contributed by atoms with Gasteiger partial charge in [0, 0.05) is 26.9 Å². The van der Waals surface area contributed by atoms with Gasteiger partial charge < -0.3 is 9.47 Å². The van der Waals surface area contributed by atoms with Gasteiger partial charge in [0.15, 0.2) is 6.79 Å². The lowest BCUT2D eigenvalue weighted by Crippen LogP contribution is -2.22. The fraction of sp³-hybridized carbons (Fsp3) is 0.583. The smallest absolute Gasteiger partial charge is 0.189 e. The molecule has 1 heterocycles. The molecule has 1 rings (SSSR count). The van der Waals surface area contributed by atoms with Gasteiger partial charge >= 0.3 is 0 Å². The van der Waals surface area contributed by atoms with Gasteiger partial charge in [0.25, 0.3) is 0 Å². The molecule has 0 aromatic carbocycles. The van der Waals surface area contributed by atoms with Crippen LogP contribution in [0.5, 0.6) is 5.75 Å². The van der Waals surface area contributed by atoms with Gasteiger partial charge in [-0.05, 0) is 18.4 Å². The summed E-state index contributed by atoms with van der Waals surface area (Å²) in [4.78, 5) is 4.18. The van der Waals surface area contributed by atoms with Crippen molar-refractivity contribution in [2.24, 2.45) is 0 Å². The molecule has 1 aromatic rings. The van der Waals surface area contributed by atoms with Gasteiger partial charge in [-0.1, -0.05) is 19.6 Å². The average Bonchev–Trinajstić information content (AvgIpc) is 2.27. The Balaban J connectivity index is 2.22. The standard InChI is InChI=1S/C12H21NO2SSi/c1-16-12-9-11(5-6-13-12)15-10-14-7-8-17(2,3)4/h5-6,9H,7-8,10H2,1-4H3. The highest BCUT2D eigenvalue weighted by molar-refractivity contribution is 7.98. The zero-order valence-corrected chi connectivity index (χ0v) is 12.8. The van der Waals surface area contributed by atoms with Gasteiger partial charge in [0.2, 0.25) is 0 Å². The Morgan fingerprint density at radius 2 is 2.12 bits per heavy atom. The summed E-state index contributed by atoms with van der Waals surface area (Å²) in [7, 11) is -0.995. The molecule has 0 radical (unpaired) electrons. The Labute approximate surface area is 109 Å². The molecule has 96 valence electrons. The van der Waals surface area contributed by atoms with Gasteiger partial charge in [-0.2, -0.15) is 0 Å². The zero-order chi connectivity index (χ0) is 12.7. The second-order valence-electron chi connectivity index (χ2n) is 5.02. The van der Waals surface area contributed by atoms with Crippen molar-refractivity contribution in [1.82, 2.24) is 4.98 Å². The minimum Gasteiger partial charge on any atom is -0.467 e. The number of rotatable bonds is 7. The van der Waals surface area contributed by atoms with E-state index in [9.17, 15) is 0 Å². The summed E-state index contributed by atoms with van der Waals surface area (Å²) in [5, 5.41) is 0.963. The summed E-state index contributed by atoms with van der Waals surface area (Å²) in [6, 6.07) is 4.94. The first-order chi connectivity index (χ1) is 8.01. The third-order valence-electron chi connectivity index (χ3n) is 2.22. The first-order valence-corrected chi connectivity index (χ1v) is 10.6. The molecule has 1 aromatic heterocycles. The molecule has 0 aliphatic rings. The van der Waals surface area contributed by atoms with Crippen LogP contribution in [-0.4, -0.2) is 32.7 Å². The maximum Gasteiger partial charge on any atom is 0.189 e. The topological polar surface area (TPSA) is 31.4 Å². The van der Waals surface area contributed by atoms with E-state index in [-0.39, 0.29) is 0 Å². The van der Waals surface area contributed by atoms with Crippen LogP contribution < -0.4 is 4.74 Å². The van der Waals surface area contributed by atoms with Gasteiger partial charge in [-0.25, -0.2) is 4.98 Å². The van der Waals surface area contributed by atoms with E-state index in [1.807, 2.05) is 18.4 Å². The first-order valence-electron chi connectivity index (χ1n) is 5.72. The molecule has 5 heteroatoms. The monoisotopic (exact) mass is 271 g/mol. The highest BCUT2D eigenvalue weighted by atomic mass is 32.2. The second kappa shape index (κ2) is 7.03. The maximum absolute atomic E-state index is 5.50. The molecule has 0 unspecified atom stereocenters. The molecule has 0 atom stereocenters. The van der Waals surface area contributed by atoms with E-state index in [2.05, 4.69) is 24.6 Å². The van der Waals surface area contributed by atoms with Crippen LogP contribution in [0.15, 0.2) is 23.4 Å². The van der Waals surface area contributed by atoms with Crippen LogP contribution in [0.2, 0.25) is 25.7 Å². The highest BCUT2D eigenvalue weighted by Gasteiger charge is 2.11. The number of pyridine rings is 1. The number of nitrogens with zero attached hydrogens (tertiary/aromatic N) is 1.